The molecule has 0 aliphatic carbocycles. The van der Waals surface area contributed by atoms with Crippen LogP contribution in [0.4, 0.5) is 0 Å². The maximum Gasteiger partial charge on any atom is 0.0480 e. The molecule has 9 heavy (non-hydrogen) atoms. The molecule has 47 valence electrons. The number of benzene rings is 1. The fraction of sp³-hybridized carbons (Fsp3) is 0.143. The second-order valence-corrected chi connectivity index (χ2v) is 2.85. The van der Waals surface area contributed by atoms with Crippen molar-refractivity contribution >= 4 is 27.5 Å². The summed E-state index contributed by atoms with van der Waals surface area (Å²) in [6.45, 7) is 0. The molecule has 1 radical (unpaired) electrons. The summed E-state index contributed by atoms with van der Waals surface area (Å²) in [5.74, 6) is 0.535. The van der Waals surface area contributed by atoms with Gasteiger partial charge in [-0.3, -0.25) is 0 Å². The van der Waals surface area contributed by atoms with E-state index < -0.39 is 0 Å². The zero-order valence-electron chi connectivity index (χ0n) is 4.70. The molecule has 1 aromatic rings. The standard InChI is InChI=1S/C7H5BrCl/c8-7-3-1-6(5-9)2-4-7/h1,3-4H,5H2. The van der Waals surface area contributed by atoms with Crippen molar-refractivity contribution in [3.63, 3.8) is 0 Å². The smallest absolute Gasteiger partial charge is 0.0480 e. The third-order valence-corrected chi connectivity index (χ3v) is 1.76. The van der Waals surface area contributed by atoms with Gasteiger partial charge in [0.1, 0.15) is 0 Å². The van der Waals surface area contributed by atoms with Crippen LogP contribution in [-0.2, 0) is 5.88 Å². The van der Waals surface area contributed by atoms with Crippen LogP contribution >= 0.6 is 27.5 Å². The molecular weight excluding hydrogens is 199 g/mol. The quantitative estimate of drug-likeness (QED) is 0.617. The Hall–Kier alpha value is -0.0100. The van der Waals surface area contributed by atoms with E-state index in [9.17, 15) is 0 Å². The highest BCUT2D eigenvalue weighted by Gasteiger charge is 1.87. The summed E-state index contributed by atoms with van der Waals surface area (Å²) < 4.78 is 1.04. The minimum atomic E-state index is 0.535. The Morgan fingerprint density at radius 2 is 2.33 bits per heavy atom. The summed E-state index contributed by atoms with van der Waals surface area (Å²) in [6.07, 6.45) is 0. The van der Waals surface area contributed by atoms with Gasteiger partial charge in [-0.25, -0.2) is 0 Å². The van der Waals surface area contributed by atoms with Crippen LogP contribution in [0.15, 0.2) is 22.7 Å². The highest BCUT2D eigenvalue weighted by Crippen LogP contribution is 2.10. The van der Waals surface area contributed by atoms with Gasteiger partial charge in [-0.15, -0.1) is 11.6 Å². The van der Waals surface area contributed by atoms with Gasteiger partial charge in [-0.05, 0) is 23.8 Å². The lowest BCUT2D eigenvalue weighted by molar-refractivity contribution is 1.38. The Morgan fingerprint density at radius 3 is 2.78 bits per heavy atom. The molecule has 0 aromatic heterocycles. The van der Waals surface area contributed by atoms with Crippen molar-refractivity contribution in [3.8, 4) is 0 Å². The molecule has 0 saturated carbocycles. The lowest BCUT2D eigenvalue weighted by Crippen LogP contribution is -1.74. The molecule has 1 aromatic carbocycles. The van der Waals surface area contributed by atoms with Crippen LogP contribution in [0.3, 0.4) is 0 Å². The average Bonchev–Trinajstić information content (AvgIpc) is 1.90. The van der Waals surface area contributed by atoms with Gasteiger partial charge in [-0.1, -0.05) is 22.0 Å². The van der Waals surface area contributed by atoms with Crippen molar-refractivity contribution in [2.45, 2.75) is 5.88 Å². The molecule has 0 N–H and O–H groups in total. The Kier molecular flexibility index (Phi) is 2.55. The Bertz CT molecular complexity index is 181. The summed E-state index contributed by atoms with van der Waals surface area (Å²) in [4.78, 5) is 0. The Morgan fingerprint density at radius 1 is 1.56 bits per heavy atom. The van der Waals surface area contributed by atoms with E-state index in [1.807, 2.05) is 18.2 Å². The van der Waals surface area contributed by atoms with Crippen LogP contribution in [0.25, 0.3) is 0 Å². The van der Waals surface area contributed by atoms with Crippen LogP contribution < -0.4 is 0 Å². The summed E-state index contributed by atoms with van der Waals surface area (Å²) in [5, 5.41) is 0. The fourth-order valence-electron chi connectivity index (χ4n) is 0.521. The molecule has 0 fully saturated rings. The lowest BCUT2D eigenvalue weighted by atomic mass is 10.2. The first kappa shape index (κ1) is 7.10. The van der Waals surface area contributed by atoms with Gasteiger partial charge in [0, 0.05) is 10.4 Å². The number of hydrogen-bond acceptors (Lipinski definition) is 0. The molecule has 2 heteroatoms. The van der Waals surface area contributed by atoms with Crippen molar-refractivity contribution in [2.24, 2.45) is 0 Å². The van der Waals surface area contributed by atoms with Gasteiger partial charge < -0.3 is 0 Å². The van der Waals surface area contributed by atoms with E-state index in [1.54, 1.807) is 0 Å². The zero-order chi connectivity index (χ0) is 6.69. The SMILES string of the molecule is ClCc1[c]cc(Br)cc1. The predicted molar refractivity (Wildman–Crippen MR) is 42.5 cm³/mol. The summed E-state index contributed by atoms with van der Waals surface area (Å²) >= 11 is 8.83. The largest absolute Gasteiger partial charge is 0.122 e. The van der Waals surface area contributed by atoms with Crippen molar-refractivity contribution in [3.05, 3.63) is 34.3 Å². The monoisotopic (exact) mass is 203 g/mol. The maximum atomic E-state index is 5.53. The average molecular weight is 204 g/mol. The second kappa shape index (κ2) is 3.23. The molecule has 0 spiro atoms. The highest BCUT2D eigenvalue weighted by molar-refractivity contribution is 9.10. The molecule has 0 saturated heterocycles. The highest BCUT2D eigenvalue weighted by atomic mass is 79.9. The summed E-state index contributed by atoms with van der Waals surface area (Å²) in [5.41, 5.74) is 1.03. The molecule has 0 unspecified atom stereocenters. The van der Waals surface area contributed by atoms with E-state index in [0.29, 0.717) is 5.88 Å². The van der Waals surface area contributed by atoms with E-state index in [4.69, 9.17) is 11.6 Å². The molecule has 0 aliphatic heterocycles. The van der Waals surface area contributed by atoms with Gasteiger partial charge in [0.05, 0.1) is 0 Å². The lowest BCUT2D eigenvalue weighted by Gasteiger charge is -1.91. The predicted octanol–water partition coefficient (Wildman–Crippen LogP) is 2.99. The van der Waals surface area contributed by atoms with Gasteiger partial charge in [0.25, 0.3) is 0 Å². The normalized spacial score (nSPS) is 9.56. The first-order valence-electron chi connectivity index (χ1n) is 2.55. The fourth-order valence-corrected chi connectivity index (χ4v) is 0.934. The maximum absolute atomic E-state index is 5.53. The van der Waals surface area contributed by atoms with Crippen LogP contribution in [0.5, 0.6) is 0 Å². The minimum Gasteiger partial charge on any atom is -0.122 e. The van der Waals surface area contributed by atoms with E-state index in [-0.39, 0.29) is 0 Å². The molecule has 1 rings (SSSR count). The van der Waals surface area contributed by atoms with Gasteiger partial charge in [-0.2, -0.15) is 0 Å². The second-order valence-electron chi connectivity index (χ2n) is 1.67. The van der Waals surface area contributed by atoms with E-state index in [1.165, 1.54) is 0 Å². The van der Waals surface area contributed by atoms with Gasteiger partial charge in [0.15, 0.2) is 0 Å². The van der Waals surface area contributed by atoms with Crippen molar-refractivity contribution < 1.29 is 0 Å². The molecule has 0 aliphatic rings. The van der Waals surface area contributed by atoms with E-state index in [0.717, 1.165) is 10.0 Å². The molecule has 0 nitrogen and oxygen atoms in total. The topological polar surface area (TPSA) is 0 Å². The van der Waals surface area contributed by atoms with Crippen LogP contribution in [0.2, 0.25) is 0 Å². The van der Waals surface area contributed by atoms with Crippen LogP contribution in [0.1, 0.15) is 5.56 Å². The zero-order valence-corrected chi connectivity index (χ0v) is 7.04. The molecule has 0 amide bonds. The summed E-state index contributed by atoms with van der Waals surface area (Å²) in [6, 6.07) is 8.76. The Balaban J connectivity index is 2.88. The molecule has 0 bridgehead atoms. The number of halogens is 2. The molecular formula is C7H5BrCl. The third-order valence-electron chi connectivity index (χ3n) is 0.983. The van der Waals surface area contributed by atoms with Crippen molar-refractivity contribution in [1.82, 2.24) is 0 Å². The first-order chi connectivity index (χ1) is 4.33. The van der Waals surface area contributed by atoms with Gasteiger partial charge in [0.2, 0.25) is 0 Å². The van der Waals surface area contributed by atoms with Crippen LogP contribution in [0, 0.1) is 6.07 Å². The third kappa shape index (κ3) is 1.99. The number of hydrogen-bond donors (Lipinski definition) is 0. The van der Waals surface area contributed by atoms with Gasteiger partial charge >= 0.3 is 0 Å². The van der Waals surface area contributed by atoms with Crippen molar-refractivity contribution in [2.75, 3.05) is 0 Å². The number of alkyl halides is 1. The molecule has 0 heterocycles. The first-order valence-corrected chi connectivity index (χ1v) is 3.88. The van der Waals surface area contributed by atoms with E-state index >= 15 is 0 Å². The Labute approximate surface area is 68.0 Å². The molecule has 0 atom stereocenters. The number of rotatable bonds is 1. The minimum absolute atomic E-state index is 0.535. The summed E-state index contributed by atoms with van der Waals surface area (Å²) in [7, 11) is 0. The van der Waals surface area contributed by atoms with Crippen LogP contribution in [-0.4, -0.2) is 0 Å². The van der Waals surface area contributed by atoms with E-state index in [2.05, 4.69) is 22.0 Å². The van der Waals surface area contributed by atoms with Crippen molar-refractivity contribution in [1.29, 1.82) is 0 Å².